The molecule has 2 aromatic carbocycles. The van der Waals surface area contributed by atoms with Crippen LogP contribution in [0.1, 0.15) is 29.7 Å². The Bertz CT molecular complexity index is 687. The summed E-state index contributed by atoms with van der Waals surface area (Å²) in [7, 11) is 0. The Labute approximate surface area is 156 Å². The predicted octanol–water partition coefficient (Wildman–Crippen LogP) is 4.11. The zero-order chi connectivity index (χ0) is 16.3. The van der Waals surface area contributed by atoms with Crippen LogP contribution in [0.3, 0.4) is 0 Å². The van der Waals surface area contributed by atoms with Gasteiger partial charge in [0.15, 0.2) is 0 Å². The molecule has 0 spiro atoms. The van der Waals surface area contributed by atoms with Gasteiger partial charge in [-0.25, -0.2) is 5.90 Å². The second-order valence-electron chi connectivity index (χ2n) is 4.83. The van der Waals surface area contributed by atoms with Crippen molar-refractivity contribution < 1.29 is 14.4 Å². The van der Waals surface area contributed by atoms with Crippen LogP contribution in [0.15, 0.2) is 36.4 Å². The minimum absolute atomic E-state index is 0.375. The quantitative estimate of drug-likeness (QED) is 0.284. The van der Waals surface area contributed by atoms with E-state index >= 15 is 0 Å². The molecule has 0 radical (unpaired) electrons. The van der Waals surface area contributed by atoms with Gasteiger partial charge in [0.05, 0.1) is 3.57 Å². The Morgan fingerprint density at radius 2 is 1.82 bits per heavy atom. The third-order valence-electron chi connectivity index (χ3n) is 3.08. The number of rotatable bonds is 4. The highest BCUT2D eigenvalue weighted by molar-refractivity contribution is 14.1. The number of aryl methyl sites for hydroxylation is 1. The van der Waals surface area contributed by atoms with Crippen LogP contribution in [0.2, 0.25) is 0 Å². The molecule has 0 aliphatic heterocycles. The summed E-state index contributed by atoms with van der Waals surface area (Å²) >= 11 is 4.36. The first-order valence-corrected chi connectivity index (χ1v) is 8.67. The number of nitrogens with two attached hydrogens (primary N) is 1. The normalized spacial score (nSPS) is 12.0. The molecule has 1 unspecified atom stereocenters. The third kappa shape index (κ3) is 4.18. The number of esters is 1. The highest BCUT2D eigenvalue weighted by Crippen LogP contribution is 2.37. The third-order valence-corrected chi connectivity index (χ3v) is 4.51. The van der Waals surface area contributed by atoms with Crippen LogP contribution in [-0.4, -0.2) is 5.97 Å². The monoisotopic (exact) mass is 523 g/mol. The Morgan fingerprint density at radius 1 is 1.18 bits per heavy atom. The van der Waals surface area contributed by atoms with Crippen LogP contribution in [-0.2, 0) is 9.63 Å². The van der Waals surface area contributed by atoms with Crippen LogP contribution in [0.4, 0.5) is 0 Å². The SMILES string of the molecule is CC(=O)Oc1c(I)cc(I)cc1C(ON)c1ccc(C)cc1. The summed E-state index contributed by atoms with van der Waals surface area (Å²) in [5.74, 6) is 5.64. The molecule has 0 fully saturated rings. The zero-order valence-corrected chi connectivity index (χ0v) is 16.4. The van der Waals surface area contributed by atoms with Gasteiger partial charge >= 0.3 is 5.97 Å². The predicted molar refractivity (Wildman–Crippen MR) is 101 cm³/mol. The van der Waals surface area contributed by atoms with E-state index in [4.69, 9.17) is 15.5 Å². The summed E-state index contributed by atoms with van der Waals surface area (Å²) in [5.41, 5.74) is 2.79. The first-order valence-electron chi connectivity index (χ1n) is 6.52. The van der Waals surface area contributed by atoms with Crippen LogP contribution < -0.4 is 10.6 Å². The van der Waals surface area contributed by atoms with Crippen molar-refractivity contribution in [3.05, 3.63) is 60.2 Å². The van der Waals surface area contributed by atoms with E-state index in [1.54, 1.807) is 0 Å². The van der Waals surface area contributed by atoms with E-state index in [2.05, 4.69) is 45.2 Å². The summed E-state index contributed by atoms with van der Waals surface area (Å²) in [6.07, 6.45) is -0.502. The summed E-state index contributed by atoms with van der Waals surface area (Å²) in [4.78, 5) is 16.6. The van der Waals surface area contributed by atoms with E-state index < -0.39 is 6.10 Å². The van der Waals surface area contributed by atoms with Gasteiger partial charge in [0, 0.05) is 16.1 Å². The first kappa shape index (κ1) is 17.6. The van der Waals surface area contributed by atoms with Gasteiger partial charge in [-0.2, -0.15) is 0 Å². The topological polar surface area (TPSA) is 61.5 Å². The lowest BCUT2D eigenvalue weighted by atomic mass is 9.99. The van der Waals surface area contributed by atoms with Crippen LogP contribution in [0.25, 0.3) is 0 Å². The molecule has 0 aliphatic carbocycles. The van der Waals surface area contributed by atoms with Gasteiger partial charge in [0.25, 0.3) is 0 Å². The number of halogens is 2. The molecule has 0 bridgehead atoms. The molecule has 0 saturated carbocycles. The summed E-state index contributed by atoms with van der Waals surface area (Å²) in [6, 6.07) is 11.7. The lowest BCUT2D eigenvalue weighted by molar-refractivity contribution is -0.132. The lowest BCUT2D eigenvalue weighted by Crippen LogP contribution is -2.15. The number of carbonyl (C=O) groups is 1. The molecular formula is C16H15I2NO3. The molecule has 0 saturated heterocycles. The fourth-order valence-corrected chi connectivity index (χ4v) is 4.10. The van der Waals surface area contributed by atoms with Crippen molar-refractivity contribution in [2.75, 3.05) is 0 Å². The minimum Gasteiger partial charge on any atom is -0.425 e. The van der Waals surface area contributed by atoms with Gasteiger partial charge in [0.2, 0.25) is 0 Å². The molecule has 0 aromatic heterocycles. The number of hydrogen-bond donors (Lipinski definition) is 1. The van der Waals surface area contributed by atoms with Gasteiger partial charge in [-0.15, -0.1) is 0 Å². The maximum Gasteiger partial charge on any atom is 0.308 e. The first-order chi connectivity index (χ1) is 10.4. The molecule has 0 heterocycles. The maximum absolute atomic E-state index is 11.4. The molecule has 2 rings (SSSR count). The summed E-state index contributed by atoms with van der Waals surface area (Å²) < 4.78 is 7.23. The average Bonchev–Trinajstić information content (AvgIpc) is 2.45. The fourth-order valence-electron chi connectivity index (χ4n) is 2.10. The molecular weight excluding hydrogens is 508 g/mol. The van der Waals surface area contributed by atoms with E-state index in [1.807, 2.05) is 43.3 Å². The lowest BCUT2D eigenvalue weighted by Gasteiger charge is -2.20. The molecule has 4 nitrogen and oxygen atoms in total. The van der Waals surface area contributed by atoms with Gasteiger partial charge in [-0.05, 0) is 69.8 Å². The van der Waals surface area contributed by atoms with Gasteiger partial charge in [0.1, 0.15) is 11.9 Å². The molecule has 116 valence electrons. The smallest absolute Gasteiger partial charge is 0.308 e. The van der Waals surface area contributed by atoms with Gasteiger partial charge < -0.3 is 4.74 Å². The number of ether oxygens (including phenoxy) is 1. The van der Waals surface area contributed by atoms with E-state index in [9.17, 15) is 4.79 Å². The van der Waals surface area contributed by atoms with Crippen molar-refractivity contribution in [3.8, 4) is 5.75 Å². The van der Waals surface area contributed by atoms with Crippen LogP contribution in [0, 0.1) is 14.1 Å². The van der Waals surface area contributed by atoms with E-state index in [1.165, 1.54) is 6.92 Å². The molecule has 2 aromatic rings. The Hall–Kier alpha value is -0.710. The number of hydrogen-bond acceptors (Lipinski definition) is 4. The van der Waals surface area contributed by atoms with E-state index in [0.29, 0.717) is 5.75 Å². The van der Waals surface area contributed by atoms with Crippen molar-refractivity contribution in [1.29, 1.82) is 0 Å². The van der Waals surface area contributed by atoms with Gasteiger partial charge in [-0.3, -0.25) is 9.63 Å². The minimum atomic E-state index is -0.502. The number of benzene rings is 2. The molecule has 1 atom stereocenters. The Balaban J connectivity index is 2.56. The Kier molecular flexibility index (Phi) is 6.18. The van der Waals surface area contributed by atoms with Gasteiger partial charge in [-0.1, -0.05) is 29.8 Å². The van der Waals surface area contributed by atoms with Crippen LogP contribution >= 0.6 is 45.2 Å². The van der Waals surface area contributed by atoms with E-state index in [0.717, 1.165) is 23.8 Å². The highest BCUT2D eigenvalue weighted by Gasteiger charge is 2.22. The highest BCUT2D eigenvalue weighted by atomic mass is 127. The van der Waals surface area contributed by atoms with Crippen molar-refractivity contribution >= 4 is 51.2 Å². The van der Waals surface area contributed by atoms with Crippen molar-refractivity contribution in [2.24, 2.45) is 5.90 Å². The average molecular weight is 523 g/mol. The molecule has 0 amide bonds. The Morgan fingerprint density at radius 3 is 2.36 bits per heavy atom. The standard InChI is InChI=1S/C16H15I2NO3/c1-9-3-5-11(6-4-9)15(22-19)13-7-12(17)8-14(18)16(13)21-10(2)20/h3-8,15H,19H2,1-2H3. The van der Waals surface area contributed by atoms with Crippen LogP contribution in [0.5, 0.6) is 5.75 Å². The molecule has 6 heteroatoms. The largest absolute Gasteiger partial charge is 0.425 e. The molecule has 22 heavy (non-hydrogen) atoms. The maximum atomic E-state index is 11.4. The zero-order valence-electron chi connectivity index (χ0n) is 12.1. The number of carbonyl (C=O) groups excluding carboxylic acids is 1. The van der Waals surface area contributed by atoms with E-state index in [-0.39, 0.29) is 5.97 Å². The molecule has 0 aliphatic rings. The second-order valence-corrected chi connectivity index (χ2v) is 7.23. The summed E-state index contributed by atoms with van der Waals surface area (Å²) in [5, 5.41) is 0. The fraction of sp³-hybridized carbons (Fsp3) is 0.188. The second kappa shape index (κ2) is 7.71. The molecule has 2 N–H and O–H groups in total. The van der Waals surface area contributed by atoms with Crippen molar-refractivity contribution in [1.82, 2.24) is 0 Å². The summed E-state index contributed by atoms with van der Waals surface area (Å²) in [6.45, 7) is 3.39. The van der Waals surface area contributed by atoms with Crippen molar-refractivity contribution in [2.45, 2.75) is 20.0 Å². The van der Waals surface area contributed by atoms with Crippen molar-refractivity contribution in [3.63, 3.8) is 0 Å².